The van der Waals surface area contributed by atoms with E-state index in [1.165, 1.54) is 39.2 Å². The number of thioether (sulfide) groups is 1. The number of benzene rings is 4. The van der Waals surface area contributed by atoms with Crippen LogP contribution in [0.5, 0.6) is 17.2 Å². The fraction of sp³-hybridized carbons (Fsp3) is 0.121. The standard InChI is InChI=1S/C33H30BrN3O6S/c1-41-28-17-21(18-29(42-2)31(28)43-3)16-27(37-32(39)22-8-5-4-6-9-22)33(40)36-25-10-7-11-26(19-25)44-20-30(38)35-24-14-12-23(34)13-15-24/h4-19H,20H2,1-3H3,(H,35,38)(H,36,40)(H,37,39)/b27-16+. The molecule has 0 spiro atoms. The highest BCUT2D eigenvalue weighted by molar-refractivity contribution is 9.10. The van der Waals surface area contributed by atoms with Crippen LogP contribution < -0.4 is 30.2 Å². The van der Waals surface area contributed by atoms with Crippen molar-refractivity contribution in [2.24, 2.45) is 0 Å². The molecule has 3 N–H and O–H groups in total. The summed E-state index contributed by atoms with van der Waals surface area (Å²) in [6, 6.07) is 26.3. The molecule has 11 heteroatoms. The average molecular weight is 677 g/mol. The van der Waals surface area contributed by atoms with Crippen molar-refractivity contribution >= 4 is 62.9 Å². The smallest absolute Gasteiger partial charge is 0.272 e. The molecule has 0 saturated carbocycles. The zero-order valence-electron chi connectivity index (χ0n) is 24.2. The molecule has 0 radical (unpaired) electrons. The summed E-state index contributed by atoms with van der Waals surface area (Å²) in [5.74, 6) is 0.172. The number of rotatable bonds is 12. The minimum absolute atomic E-state index is 0.0138. The van der Waals surface area contributed by atoms with Crippen molar-refractivity contribution in [2.45, 2.75) is 4.90 Å². The largest absolute Gasteiger partial charge is 0.493 e. The topological polar surface area (TPSA) is 115 Å². The summed E-state index contributed by atoms with van der Waals surface area (Å²) in [5, 5.41) is 8.42. The quantitative estimate of drug-likeness (QED) is 0.114. The summed E-state index contributed by atoms with van der Waals surface area (Å²) in [4.78, 5) is 39.9. The molecule has 4 aromatic rings. The molecular weight excluding hydrogens is 646 g/mol. The predicted molar refractivity (Wildman–Crippen MR) is 177 cm³/mol. The number of methoxy groups -OCH3 is 3. The Balaban J connectivity index is 1.54. The van der Waals surface area contributed by atoms with Crippen LogP contribution in [0.1, 0.15) is 15.9 Å². The summed E-state index contributed by atoms with van der Waals surface area (Å²) in [6.07, 6.45) is 1.52. The summed E-state index contributed by atoms with van der Waals surface area (Å²) in [6.45, 7) is 0. The van der Waals surface area contributed by atoms with E-state index in [1.807, 2.05) is 30.3 Å². The number of amides is 3. The predicted octanol–water partition coefficient (Wildman–Crippen LogP) is 6.62. The highest BCUT2D eigenvalue weighted by atomic mass is 79.9. The van der Waals surface area contributed by atoms with E-state index in [0.29, 0.717) is 39.8 Å². The molecule has 3 amide bonds. The van der Waals surface area contributed by atoms with Crippen LogP contribution in [0.15, 0.2) is 106 Å². The van der Waals surface area contributed by atoms with E-state index < -0.39 is 11.8 Å². The lowest BCUT2D eigenvalue weighted by molar-refractivity contribution is -0.114. The summed E-state index contributed by atoms with van der Waals surface area (Å²) >= 11 is 4.70. The van der Waals surface area contributed by atoms with Crippen molar-refractivity contribution < 1.29 is 28.6 Å². The molecule has 0 aliphatic rings. The number of carbonyl (C=O) groups excluding carboxylic acids is 3. The van der Waals surface area contributed by atoms with Gasteiger partial charge in [-0.05, 0) is 78.4 Å². The molecule has 226 valence electrons. The lowest BCUT2D eigenvalue weighted by atomic mass is 10.1. The molecule has 0 heterocycles. The summed E-state index contributed by atoms with van der Waals surface area (Å²) in [7, 11) is 4.48. The van der Waals surface area contributed by atoms with E-state index in [1.54, 1.807) is 60.7 Å². The molecular formula is C33H30BrN3O6S. The molecule has 0 unspecified atom stereocenters. The fourth-order valence-electron chi connectivity index (χ4n) is 4.04. The monoisotopic (exact) mass is 675 g/mol. The summed E-state index contributed by atoms with van der Waals surface area (Å²) < 4.78 is 17.2. The number of nitrogens with one attached hydrogen (secondary N) is 3. The van der Waals surface area contributed by atoms with Crippen LogP contribution in [0.3, 0.4) is 0 Å². The molecule has 0 aliphatic carbocycles. The number of carbonyl (C=O) groups is 3. The zero-order chi connectivity index (χ0) is 31.5. The lowest BCUT2D eigenvalue weighted by Gasteiger charge is -2.15. The van der Waals surface area contributed by atoms with Gasteiger partial charge in [-0.2, -0.15) is 0 Å². The third-order valence-electron chi connectivity index (χ3n) is 6.12. The van der Waals surface area contributed by atoms with E-state index in [9.17, 15) is 14.4 Å². The number of anilines is 2. The van der Waals surface area contributed by atoms with Crippen LogP contribution in [0.2, 0.25) is 0 Å². The van der Waals surface area contributed by atoms with E-state index in [4.69, 9.17) is 14.2 Å². The van der Waals surface area contributed by atoms with Crippen LogP contribution >= 0.6 is 27.7 Å². The lowest BCUT2D eigenvalue weighted by Crippen LogP contribution is -2.30. The number of ether oxygens (including phenoxy) is 3. The Labute approximate surface area is 268 Å². The second kappa shape index (κ2) is 15.6. The first-order valence-corrected chi connectivity index (χ1v) is 15.0. The van der Waals surface area contributed by atoms with E-state index >= 15 is 0 Å². The average Bonchev–Trinajstić information content (AvgIpc) is 3.04. The van der Waals surface area contributed by atoms with Gasteiger partial charge in [0.1, 0.15) is 5.70 Å². The van der Waals surface area contributed by atoms with E-state index in [-0.39, 0.29) is 17.4 Å². The minimum atomic E-state index is -0.557. The third kappa shape index (κ3) is 8.88. The van der Waals surface area contributed by atoms with Crippen LogP contribution in [0.25, 0.3) is 6.08 Å². The van der Waals surface area contributed by atoms with Gasteiger partial charge < -0.3 is 30.2 Å². The maximum Gasteiger partial charge on any atom is 0.272 e. The van der Waals surface area contributed by atoms with Gasteiger partial charge in [-0.3, -0.25) is 14.4 Å². The summed E-state index contributed by atoms with van der Waals surface area (Å²) in [5.41, 5.74) is 2.08. The van der Waals surface area contributed by atoms with Gasteiger partial charge in [-0.15, -0.1) is 11.8 Å². The molecule has 0 aliphatic heterocycles. The van der Waals surface area contributed by atoms with Crippen LogP contribution in [0, 0.1) is 0 Å². The second-order valence-corrected chi connectivity index (χ2v) is 11.1. The van der Waals surface area contributed by atoms with Crippen LogP contribution in [-0.4, -0.2) is 44.8 Å². The first-order chi connectivity index (χ1) is 21.3. The first kappa shape index (κ1) is 32.2. The number of hydrogen-bond acceptors (Lipinski definition) is 7. The first-order valence-electron chi connectivity index (χ1n) is 13.3. The Bertz CT molecular complexity index is 1640. The van der Waals surface area contributed by atoms with Crippen LogP contribution in [-0.2, 0) is 9.59 Å². The molecule has 0 fully saturated rings. The molecule has 0 saturated heterocycles. The van der Waals surface area contributed by atoms with Gasteiger partial charge in [0.25, 0.3) is 11.8 Å². The van der Waals surface area contributed by atoms with E-state index in [0.717, 1.165) is 9.37 Å². The molecule has 44 heavy (non-hydrogen) atoms. The zero-order valence-corrected chi connectivity index (χ0v) is 26.6. The molecule has 9 nitrogen and oxygen atoms in total. The Morgan fingerprint density at radius 3 is 2.09 bits per heavy atom. The van der Waals surface area contributed by atoms with Crippen molar-refractivity contribution in [2.75, 3.05) is 37.7 Å². The van der Waals surface area contributed by atoms with Crippen molar-refractivity contribution in [3.05, 3.63) is 112 Å². The fourth-order valence-corrected chi connectivity index (χ4v) is 5.05. The van der Waals surface area contributed by atoms with Crippen molar-refractivity contribution in [1.29, 1.82) is 0 Å². The van der Waals surface area contributed by atoms with Crippen molar-refractivity contribution in [3.63, 3.8) is 0 Å². The van der Waals surface area contributed by atoms with E-state index in [2.05, 4.69) is 31.9 Å². The van der Waals surface area contributed by atoms with Gasteiger partial charge in [0.15, 0.2) is 11.5 Å². The molecule has 0 atom stereocenters. The van der Waals surface area contributed by atoms with Crippen molar-refractivity contribution in [3.8, 4) is 17.2 Å². The van der Waals surface area contributed by atoms with Gasteiger partial charge in [0.05, 0.1) is 27.1 Å². The maximum atomic E-state index is 13.6. The number of hydrogen-bond donors (Lipinski definition) is 3. The van der Waals surface area contributed by atoms with Crippen LogP contribution in [0.4, 0.5) is 11.4 Å². The Morgan fingerprint density at radius 1 is 0.773 bits per heavy atom. The number of halogens is 1. The van der Waals surface area contributed by atoms with Gasteiger partial charge in [-0.1, -0.05) is 40.2 Å². The second-order valence-electron chi connectivity index (χ2n) is 9.16. The molecule has 4 aromatic carbocycles. The Kier molecular flexibility index (Phi) is 11.4. The molecule has 0 bridgehead atoms. The van der Waals surface area contributed by atoms with Crippen molar-refractivity contribution in [1.82, 2.24) is 5.32 Å². The highest BCUT2D eigenvalue weighted by Gasteiger charge is 2.18. The highest BCUT2D eigenvalue weighted by Crippen LogP contribution is 2.38. The third-order valence-corrected chi connectivity index (χ3v) is 7.64. The minimum Gasteiger partial charge on any atom is -0.493 e. The maximum absolute atomic E-state index is 13.6. The van der Waals surface area contributed by atoms with Gasteiger partial charge in [0.2, 0.25) is 11.7 Å². The van der Waals surface area contributed by atoms with Gasteiger partial charge >= 0.3 is 0 Å². The SMILES string of the molecule is COc1cc(/C=C(/NC(=O)c2ccccc2)C(=O)Nc2cccc(SCC(=O)Nc3ccc(Br)cc3)c2)cc(OC)c1OC. The Morgan fingerprint density at radius 2 is 1.45 bits per heavy atom. The molecule has 0 aromatic heterocycles. The normalized spacial score (nSPS) is 10.9. The van der Waals surface area contributed by atoms with Gasteiger partial charge in [-0.25, -0.2) is 0 Å². The Hall–Kier alpha value is -4.74. The molecule has 4 rings (SSSR count). The van der Waals surface area contributed by atoms with Gasteiger partial charge in [0, 0.05) is 26.3 Å².